The van der Waals surface area contributed by atoms with E-state index in [0.29, 0.717) is 6.54 Å². The molecule has 2 amide bonds. The first-order valence-corrected chi connectivity index (χ1v) is 10.6. The molecule has 33 heavy (non-hydrogen) atoms. The van der Waals surface area contributed by atoms with E-state index < -0.39 is 5.97 Å². The normalized spacial score (nSPS) is 10.9. The maximum Gasteiger partial charge on any atom is 0.373 e. The third kappa shape index (κ3) is 6.46. The second kappa shape index (κ2) is 11.5. The Morgan fingerprint density at radius 2 is 1.61 bits per heavy atom. The van der Waals surface area contributed by atoms with E-state index in [9.17, 15) is 9.59 Å². The smallest absolute Gasteiger partial charge is 0.373 e. The number of urea groups is 1. The number of hydrogen-bond donors (Lipinski definition) is 1. The highest BCUT2D eigenvalue weighted by Gasteiger charge is 2.12. The minimum atomic E-state index is -0.528. The zero-order chi connectivity index (χ0) is 23.6. The summed E-state index contributed by atoms with van der Waals surface area (Å²) in [6.45, 7) is 0.566. The van der Waals surface area contributed by atoms with Crippen molar-refractivity contribution in [2.75, 3.05) is 32.7 Å². The lowest BCUT2D eigenvalue weighted by Gasteiger charge is -2.19. The van der Waals surface area contributed by atoms with Crippen molar-refractivity contribution in [1.82, 2.24) is 5.32 Å². The van der Waals surface area contributed by atoms with Crippen LogP contribution in [-0.4, -0.2) is 39.8 Å². The number of amides is 2. The molecule has 0 aliphatic carbocycles. The second-order valence-corrected chi connectivity index (χ2v) is 7.40. The number of methoxy groups -OCH3 is 2. The molecule has 6 heteroatoms. The fourth-order valence-corrected chi connectivity index (χ4v) is 3.31. The van der Waals surface area contributed by atoms with Crippen LogP contribution in [0.4, 0.5) is 10.5 Å². The van der Waals surface area contributed by atoms with Crippen LogP contribution in [0.5, 0.6) is 0 Å². The van der Waals surface area contributed by atoms with E-state index in [-0.39, 0.29) is 11.8 Å². The zero-order valence-corrected chi connectivity index (χ0v) is 19.1. The molecule has 6 nitrogen and oxygen atoms in total. The first kappa shape index (κ1) is 23.6. The third-order valence-corrected chi connectivity index (χ3v) is 5.22. The van der Waals surface area contributed by atoms with Crippen molar-refractivity contribution in [3.8, 4) is 11.1 Å². The fourth-order valence-electron chi connectivity index (χ4n) is 3.31. The van der Waals surface area contributed by atoms with Gasteiger partial charge in [-0.05, 0) is 46.9 Å². The van der Waals surface area contributed by atoms with Gasteiger partial charge in [0, 0.05) is 19.3 Å². The molecule has 0 unspecified atom stereocenters. The van der Waals surface area contributed by atoms with E-state index in [0.717, 1.165) is 28.8 Å². The summed E-state index contributed by atoms with van der Waals surface area (Å²) in [7, 11) is 4.49. The predicted molar refractivity (Wildman–Crippen MR) is 131 cm³/mol. The highest BCUT2D eigenvalue weighted by atomic mass is 16.6. The molecule has 0 spiro atoms. The van der Waals surface area contributed by atoms with Gasteiger partial charge in [-0.3, -0.25) is 4.90 Å². The van der Waals surface area contributed by atoms with Crippen LogP contribution < -0.4 is 10.2 Å². The minimum Gasteiger partial charge on any atom is -0.490 e. The Morgan fingerprint density at radius 1 is 0.879 bits per heavy atom. The maximum absolute atomic E-state index is 12.6. The van der Waals surface area contributed by atoms with E-state index in [1.54, 1.807) is 18.0 Å². The molecule has 0 aliphatic heterocycles. The molecule has 0 atom stereocenters. The van der Waals surface area contributed by atoms with E-state index in [1.165, 1.54) is 19.8 Å². The summed E-state index contributed by atoms with van der Waals surface area (Å²) in [5.74, 6) is -0.397. The van der Waals surface area contributed by atoms with Crippen LogP contribution in [0, 0.1) is 0 Å². The van der Waals surface area contributed by atoms with Gasteiger partial charge in [-0.2, -0.15) is 0 Å². The molecule has 0 aliphatic rings. The van der Waals surface area contributed by atoms with Crippen molar-refractivity contribution < 1.29 is 19.1 Å². The third-order valence-electron chi connectivity index (χ3n) is 5.22. The van der Waals surface area contributed by atoms with Crippen molar-refractivity contribution in [1.29, 1.82) is 0 Å². The lowest BCUT2D eigenvalue weighted by molar-refractivity contribution is -0.139. The van der Waals surface area contributed by atoms with Crippen LogP contribution in [0.15, 0.2) is 84.6 Å². The van der Waals surface area contributed by atoms with E-state index >= 15 is 0 Å². The average molecular weight is 445 g/mol. The molecular formula is C27H28N2O4. The van der Waals surface area contributed by atoms with Crippen LogP contribution in [0.1, 0.15) is 11.1 Å². The number of anilines is 1. The van der Waals surface area contributed by atoms with Gasteiger partial charge in [0.1, 0.15) is 0 Å². The zero-order valence-electron chi connectivity index (χ0n) is 19.1. The SMILES string of the molecule is COC(=O)/C(=C/c1ccc(-c2cccc(N(C)C(=O)NCCc3ccccc3)c2)cc1)OC. The summed E-state index contributed by atoms with van der Waals surface area (Å²) in [6.07, 6.45) is 2.40. The van der Waals surface area contributed by atoms with Crippen molar-refractivity contribution in [3.05, 3.63) is 95.7 Å². The van der Waals surface area contributed by atoms with E-state index in [2.05, 4.69) is 5.32 Å². The maximum atomic E-state index is 12.6. The monoisotopic (exact) mass is 444 g/mol. The molecular weight excluding hydrogens is 416 g/mol. The first-order chi connectivity index (χ1) is 16.0. The predicted octanol–water partition coefficient (Wildman–Crippen LogP) is 4.90. The van der Waals surface area contributed by atoms with Gasteiger partial charge in [-0.25, -0.2) is 9.59 Å². The van der Waals surface area contributed by atoms with E-state index in [4.69, 9.17) is 9.47 Å². The summed E-state index contributed by atoms with van der Waals surface area (Å²) in [4.78, 5) is 25.9. The molecule has 170 valence electrons. The molecule has 1 N–H and O–H groups in total. The first-order valence-electron chi connectivity index (χ1n) is 10.6. The van der Waals surface area contributed by atoms with Gasteiger partial charge >= 0.3 is 12.0 Å². The van der Waals surface area contributed by atoms with Crippen LogP contribution in [-0.2, 0) is 20.7 Å². The van der Waals surface area contributed by atoms with Gasteiger partial charge in [-0.1, -0.05) is 66.7 Å². The van der Waals surface area contributed by atoms with Crippen LogP contribution in [0.3, 0.4) is 0 Å². The average Bonchev–Trinajstić information content (AvgIpc) is 2.87. The topological polar surface area (TPSA) is 67.9 Å². The lowest BCUT2D eigenvalue weighted by atomic mass is 10.0. The van der Waals surface area contributed by atoms with Crippen LogP contribution in [0.25, 0.3) is 17.2 Å². The van der Waals surface area contributed by atoms with Crippen molar-refractivity contribution in [2.24, 2.45) is 0 Å². The molecule has 0 aromatic heterocycles. The molecule has 0 radical (unpaired) electrons. The molecule has 0 saturated heterocycles. The van der Waals surface area contributed by atoms with Gasteiger partial charge in [0.15, 0.2) is 0 Å². The molecule has 3 aromatic carbocycles. The number of esters is 1. The van der Waals surface area contributed by atoms with Crippen molar-refractivity contribution >= 4 is 23.8 Å². The van der Waals surface area contributed by atoms with Gasteiger partial charge in [0.25, 0.3) is 0 Å². The standard InChI is InChI=1S/C27H28N2O4/c1-29(27(31)28-17-16-20-8-5-4-6-9-20)24-11-7-10-23(19-24)22-14-12-21(13-15-22)18-25(32-2)26(30)33-3/h4-15,18-19H,16-17H2,1-3H3,(H,28,31)/b25-18-. The number of benzene rings is 3. The Bertz CT molecular complexity index is 1110. The lowest BCUT2D eigenvalue weighted by Crippen LogP contribution is -2.38. The summed E-state index contributed by atoms with van der Waals surface area (Å²) >= 11 is 0. The summed E-state index contributed by atoms with van der Waals surface area (Å²) < 4.78 is 9.78. The number of nitrogens with one attached hydrogen (secondary N) is 1. The number of carbonyl (C=O) groups is 2. The van der Waals surface area contributed by atoms with Crippen molar-refractivity contribution in [3.63, 3.8) is 0 Å². The number of hydrogen-bond acceptors (Lipinski definition) is 4. The van der Waals surface area contributed by atoms with Gasteiger partial charge in [0.2, 0.25) is 5.76 Å². The number of carbonyl (C=O) groups excluding carboxylic acids is 2. The Hall–Kier alpha value is -4.06. The molecule has 3 rings (SSSR count). The molecule has 0 fully saturated rings. The minimum absolute atomic E-state index is 0.132. The number of rotatable bonds is 8. The van der Waals surface area contributed by atoms with Crippen LogP contribution in [0.2, 0.25) is 0 Å². The Labute approximate surface area is 194 Å². The number of nitrogens with zero attached hydrogens (tertiary/aromatic N) is 1. The summed E-state index contributed by atoms with van der Waals surface area (Å²) in [5, 5.41) is 2.96. The summed E-state index contributed by atoms with van der Waals surface area (Å²) in [6, 6.07) is 25.4. The van der Waals surface area contributed by atoms with Crippen molar-refractivity contribution in [2.45, 2.75) is 6.42 Å². The van der Waals surface area contributed by atoms with E-state index in [1.807, 2.05) is 78.9 Å². The molecule has 0 saturated carbocycles. The Kier molecular flexibility index (Phi) is 8.24. The Balaban J connectivity index is 1.66. The quantitative estimate of drug-likeness (QED) is 0.305. The molecule has 3 aromatic rings. The summed E-state index contributed by atoms with van der Waals surface area (Å²) in [5.41, 5.74) is 4.76. The fraction of sp³-hybridized carbons (Fsp3) is 0.185. The number of ether oxygens (including phenoxy) is 2. The highest BCUT2D eigenvalue weighted by Crippen LogP contribution is 2.25. The van der Waals surface area contributed by atoms with Crippen LogP contribution >= 0.6 is 0 Å². The largest absolute Gasteiger partial charge is 0.490 e. The van der Waals surface area contributed by atoms with Gasteiger partial charge in [-0.15, -0.1) is 0 Å². The highest BCUT2D eigenvalue weighted by molar-refractivity contribution is 5.92. The molecule has 0 bridgehead atoms. The molecule has 0 heterocycles. The Morgan fingerprint density at radius 3 is 2.27 bits per heavy atom. The second-order valence-electron chi connectivity index (χ2n) is 7.40. The van der Waals surface area contributed by atoms with Gasteiger partial charge in [0.05, 0.1) is 14.2 Å². The van der Waals surface area contributed by atoms with Gasteiger partial charge < -0.3 is 14.8 Å².